The maximum atomic E-state index is 12.2. The molecule has 3 rings (SSSR count). The van der Waals surface area contributed by atoms with E-state index in [-0.39, 0.29) is 11.8 Å². The van der Waals surface area contributed by atoms with Crippen LogP contribution in [0.4, 0.5) is 0 Å². The number of amides is 2. The Hall–Kier alpha value is -1.89. The highest BCUT2D eigenvalue weighted by Gasteiger charge is 2.24. The Morgan fingerprint density at radius 1 is 1.27 bits per heavy atom. The standard InChI is InChI=1S/C19H31N5O2/c25-17(20-8-5-13-24-12-3-1-2-7-18(24)26)15-23-11-4-6-16(14-23)19-21-9-10-22-19/h9-10,16H,1-8,11-15H2,(H,20,25)(H,21,22)/t16-/m0/s1. The minimum atomic E-state index is 0.0762. The van der Waals surface area contributed by atoms with Gasteiger partial charge in [0, 0.05) is 50.9 Å². The van der Waals surface area contributed by atoms with Gasteiger partial charge in [0.15, 0.2) is 0 Å². The molecule has 144 valence electrons. The number of carbonyl (C=O) groups excluding carboxylic acids is 2. The van der Waals surface area contributed by atoms with Gasteiger partial charge in [-0.25, -0.2) is 4.98 Å². The number of aromatic amines is 1. The number of hydrogen-bond acceptors (Lipinski definition) is 4. The first-order chi connectivity index (χ1) is 12.7. The molecular formula is C19H31N5O2. The van der Waals surface area contributed by atoms with Crippen LogP contribution in [0.25, 0.3) is 0 Å². The van der Waals surface area contributed by atoms with Gasteiger partial charge in [0.05, 0.1) is 6.54 Å². The fourth-order valence-electron chi connectivity index (χ4n) is 3.95. The molecule has 0 unspecified atom stereocenters. The fraction of sp³-hybridized carbons (Fsp3) is 0.737. The van der Waals surface area contributed by atoms with Crippen molar-refractivity contribution < 1.29 is 9.59 Å². The van der Waals surface area contributed by atoms with Gasteiger partial charge in [0.1, 0.15) is 5.82 Å². The topological polar surface area (TPSA) is 81.3 Å². The molecule has 2 amide bonds. The second-order valence-corrected chi connectivity index (χ2v) is 7.44. The molecule has 0 radical (unpaired) electrons. The second kappa shape index (κ2) is 9.71. The van der Waals surface area contributed by atoms with Crippen molar-refractivity contribution in [2.45, 2.75) is 50.9 Å². The van der Waals surface area contributed by atoms with Gasteiger partial charge in [-0.2, -0.15) is 0 Å². The van der Waals surface area contributed by atoms with Crippen molar-refractivity contribution in [1.29, 1.82) is 0 Å². The first-order valence-corrected chi connectivity index (χ1v) is 9.98. The lowest BCUT2D eigenvalue weighted by molar-refractivity contribution is -0.130. The summed E-state index contributed by atoms with van der Waals surface area (Å²) in [5, 5.41) is 3.01. The van der Waals surface area contributed by atoms with Gasteiger partial charge in [-0.1, -0.05) is 6.42 Å². The third-order valence-electron chi connectivity index (χ3n) is 5.38. The van der Waals surface area contributed by atoms with E-state index in [4.69, 9.17) is 0 Å². The zero-order valence-electron chi connectivity index (χ0n) is 15.6. The van der Waals surface area contributed by atoms with E-state index in [0.717, 1.165) is 70.5 Å². The molecule has 0 spiro atoms. The Kier molecular flexibility index (Phi) is 7.05. The zero-order valence-corrected chi connectivity index (χ0v) is 15.6. The molecule has 2 fully saturated rings. The summed E-state index contributed by atoms with van der Waals surface area (Å²) in [5.41, 5.74) is 0. The van der Waals surface area contributed by atoms with E-state index in [1.807, 2.05) is 11.1 Å². The van der Waals surface area contributed by atoms with Crippen molar-refractivity contribution in [1.82, 2.24) is 25.1 Å². The average molecular weight is 361 g/mol. The van der Waals surface area contributed by atoms with Crippen molar-refractivity contribution in [2.24, 2.45) is 0 Å². The minimum Gasteiger partial charge on any atom is -0.355 e. The van der Waals surface area contributed by atoms with Crippen LogP contribution in [0.15, 0.2) is 12.4 Å². The highest BCUT2D eigenvalue weighted by atomic mass is 16.2. The van der Waals surface area contributed by atoms with Gasteiger partial charge < -0.3 is 15.2 Å². The number of H-pyrrole nitrogens is 1. The lowest BCUT2D eigenvalue weighted by atomic mass is 9.97. The smallest absolute Gasteiger partial charge is 0.234 e. The van der Waals surface area contributed by atoms with Crippen LogP contribution in [-0.4, -0.2) is 70.9 Å². The number of piperidine rings is 1. The Morgan fingerprint density at radius 2 is 2.19 bits per heavy atom. The summed E-state index contributed by atoms with van der Waals surface area (Å²) in [6.07, 6.45) is 10.6. The SMILES string of the molecule is O=C(CN1CCC[C@H](c2ncc[nH]2)C1)NCCCN1CCCCCC1=O. The quantitative estimate of drug-likeness (QED) is 0.721. The molecule has 26 heavy (non-hydrogen) atoms. The molecule has 1 atom stereocenters. The molecule has 2 aliphatic rings. The number of carbonyl (C=O) groups is 2. The number of nitrogens with zero attached hydrogens (tertiary/aromatic N) is 3. The third-order valence-corrected chi connectivity index (χ3v) is 5.38. The van der Waals surface area contributed by atoms with E-state index in [1.165, 1.54) is 0 Å². The summed E-state index contributed by atoms with van der Waals surface area (Å²) >= 11 is 0. The number of hydrogen-bond donors (Lipinski definition) is 2. The van der Waals surface area contributed by atoms with E-state index in [1.54, 1.807) is 6.20 Å². The summed E-state index contributed by atoms with van der Waals surface area (Å²) in [6.45, 7) is 4.55. The van der Waals surface area contributed by atoms with Crippen LogP contribution in [0.5, 0.6) is 0 Å². The molecule has 2 saturated heterocycles. The highest BCUT2D eigenvalue weighted by molar-refractivity contribution is 5.78. The van der Waals surface area contributed by atoms with E-state index < -0.39 is 0 Å². The summed E-state index contributed by atoms with van der Waals surface area (Å²) in [4.78, 5) is 35.9. The van der Waals surface area contributed by atoms with Crippen molar-refractivity contribution in [3.8, 4) is 0 Å². The molecule has 3 heterocycles. The molecule has 0 aromatic carbocycles. The van der Waals surface area contributed by atoms with E-state index >= 15 is 0 Å². The minimum absolute atomic E-state index is 0.0762. The molecule has 1 aromatic heterocycles. The van der Waals surface area contributed by atoms with E-state index in [9.17, 15) is 9.59 Å². The first-order valence-electron chi connectivity index (χ1n) is 9.98. The van der Waals surface area contributed by atoms with Gasteiger partial charge in [-0.15, -0.1) is 0 Å². The number of aromatic nitrogens is 2. The molecule has 2 aliphatic heterocycles. The maximum absolute atomic E-state index is 12.2. The largest absolute Gasteiger partial charge is 0.355 e. The van der Waals surface area contributed by atoms with Gasteiger partial charge in [0.2, 0.25) is 11.8 Å². The second-order valence-electron chi connectivity index (χ2n) is 7.44. The number of rotatable bonds is 7. The Labute approximate surface area is 155 Å². The molecule has 2 N–H and O–H groups in total. The Bertz CT molecular complexity index is 574. The lowest BCUT2D eigenvalue weighted by Crippen LogP contribution is -2.42. The molecule has 1 aromatic rings. The summed E-state index contributed by atoms with van der Waals surface area (Å²) in [7, 11) is 0. The van der Waals surface area contributed by atoms with Crippen molar-refractivity contribution in [3.05, 3.63) is 18.2 Å². The van der Waals surface area contributed by atoms with Crippen LogP contribution >= 0.6 is 0 Å². The molecular weight excluding hydrogens is 330 g/mol. The molecule has 0 saturated carbocycles. The van der Waals surface area contributed by atoms with E-state index in [0.29, 0.717) is 25.4 Å². The van der Waals surface area contributed by atoms with Gasteiger partial charge in [-0.3, -0.25) is 14.5 Å². The lowest BCUT2D eigenvalue weighted by Gasteiger charge is -2.31. The number of likely N-dealkylation sites (tertiary alicyclic amines) is 2. The third kappa shape index (κ3) is 5.56. The van der Waals surface area contributed by atoms with Gasteiger partial charge in [-0.05, 0) is 38.6 Å². The number of nitrogens with one attached hydrogen (secondary N) is 2. The predicted molar refractivity (Wildman–Crippen MR) is 99.7 cm³/mol. The summed E-state index contributed by atoms with van der Waals surface area (Å²) in [5.74, 6) is 1.76. The van der Waals surface area contributed by atoms with Crippen LogP contribution in [0.1, 0.15) is 56.7 Å². The molecule has 0 bridgehead atoms. The first kappa shape index (κ1) is 18.9. The molecule has 7 nitrogen and oxygen atoms in total. The number of imidazole rings is 1. The Morgan fingerprint density at radius 3 is 3.04 bits per heavy atom. The fourth-order valence-corrected chi connectivity index (χ4v) is 3.95. The maximum Gasteiger partial charge on any atom is 0.234 e. The highest BCUT2D eigenvalue weighted by Crippen LogP contribution is 2.23. The van der Waals surface area contributed by atoms with Gasteiger partial charge in [0.25, 0.3) is 0 Å². The summed E-state index contributed by atoms with van der Waals surface area (Å²) in [6, 6.07) is 0. The predicted octanol–water partition coefficient (Wildman–Crippen LogP) is 1.50. The van der Waals surface area contributed by atoms with Crippen LogP contribution in [-0.2, 0) is 9.59 Å². The molecule has 7 heteroatoms. The van der Waals surface area contributed by atoms with Crippen molar-refractivity contribution >= 4 is 11.8 Å². The molecule has 0 aliphatic carbocycles. The Balaban J connectivity index is 1.33. The van der Waals surface area contributed by atoms with E-state index in [2.05, 4.69) is 20.2 Å². The summed E-state index contributed by atoms with van der Waals surface area (Å²) < 4.78 is 0. The van der Waals surface area contributed by atoms with Gasteiger partial charge >= 0.3 is 0 Å². The zero-order chi connectivity index (χ0) is 18.2. The van der Waals surface area contributed by atoms with Crippen LogP contribution in [0.3, 0.4) is 0 Å². The normalized spacial score (nSPS) is 22.2. The van der Waals surface area contributed by atoms with Crippen molar-refractivity contribution in [2.75, 3.05) is 39.3 Å². The van der Waals surface area contributed by atoms with Crippen LogP contribution in [0.2, 0.25) is 0 Å². The average Bonchev–Trinajstić information content (AvgIpc) is 3.10. The monoisotopic (exact) mass is 361 g/mol. The van der Waals surface area contributed by atoms with Crippen LogP contribution in [0, 0.1) is 0 Å². The van der Waals surface area contributed by atoms with Crippen molar-refractivity contribution in [3.63, 3.8) is 0 Å². The van der Waals surface area contributed by atoms with Crippen LogP contribution < -0.4 is 5.32 Å².